The zero-order chi connectivity index (χ0) is 17.3. The third kappa shape index (κ3) is 4.76. The molecule has 0 fully saturated rings. The molecule has 0 radical (unpaired) electrons. The monoisotopic (exact) mass is 355 g/mol. The number of anilines is 1. The summed E-state index contributed by atoms with van der Waals surface area (Å²) in [4.78, 5) is 0.0675. The van der Waals surface area contributed by atoms with E-state index in [1.54, 1.807) is 25.1 Å². The third-order valence-electron chi connectivity index (χ3n) is 3.13. The van der Waals surface area contributed by atoms with Crippen LogP contribution < -0.4 is 15.6 Å². The van der Waals surface area contributed by atoms with Crippen molar-refractivity contribution in [1.29, 1.82) is 0 Å². The molecule has 0 unspecified atom stereocenters. The first-order valence-electron chi connectivity index (χ1n) is 6.56. The largest absolute Gasteiger partial charge is 0.381 e. The Bertz CT molecular complexity index is 921. The van der Waals surface area contributed by atoms with Gasteiger partial charge in [0.1, 0.15) is 0 Å². The van der Waals surface area contributed by atoms with Gasteiger partial charge in [-0.15, -0.1) is 0 Å². The van der Waals surface area contributed by atoms with Crippen molar-refractivity contribution >= 4 is 25.7 Å². The molecule has 0 aliphatic heterocycles. The van der Waals surface area contributed by atoms with E-state index >= 15 is 0 Å². The molecule has 2 rings (SSSR count). The van der Waals surface area contributed by atoms with Gasteiger partial charge in [-0.25, -0.2) is 27.1 Å². The molecule has 2 aromatic rings. The smallest absolute Gasteiger partial charge is 0.238 e. The summed E-state index contributed by atoms with van der Waals surface area (Å²) in [7, 11) is -7.49. The van der Waals surface area contributed by atoms with Crippen LogP contribution in [0.3, 0.4) is 0 Å². The summed E-state index contributed by atoms with van der Waals surface area (Å²) in [5.41, 5.74) is 2.17. The van der Waals surface area contributed by atoms with Crippen LogP contribution in [0.4, 0.5) is 5.69 Å². The van der Waals surface area contributed by atoms with Crippen molar-refractivity contribution in [3.63, 3.8) is 0 Å². The van der Waals surface area contributed by atoms with Crippen molar-refractivity contribution in [1.82, 2.24) is 0 Å². The molecule has 0 amide bonds. The Hall–Kier alpha value is -1.94. The highest BCUT2D eigenvalue weighted by molar-refractivity contribution is 7.89. The molecule has 0 spiro atoms. The molecule has 9 heteroatoms. The highest BCUT2D eigenvalue weighted by Gasteiger charge is 2.10. The number of sulfonamides is 2. The van der Waals surface area contributed by atoms with Crippen molar-refractivity contribution in [3.05, 3.63) is 53.6 Å². The Balaban J connectivity index is 2.17. The van der Waals surface area contributed by atoms with Crippen LogP contribution in [0.25, 0.3) is 0 Å². The van der Waals surface area contributed by atoms with Crippen LogP contribution in [0.1, 0.15) is 11.1 Å². The second-order valence-electron chi connectivity index (χ2n) is 5.12. The van der Waals surface area contributed by atoms with Gasteiger partial charge in [0.15, 0.2) is 0 Å². The number of rotatable bonds is 5. The zero-order valence-electron chi connectivity index (χ0n) is 12.4. The summed E-state index contributed by atoms with van der Waals surface area (Å²) in [6.45, 7) is 2.15. The van der Waals surface area contributed by atoms with Gasteiger partial charge in [0.25, 0.3) is 0 Å². The van der Waals surface area contributed by atoms with Crippen LogP contribution in [0.5, 0.6) is 0 Å². The number of hydrogen-bond acceptors (Lipinski definition) is 5. The maximum atomic E-state index is 11.4. The lowest BCUT2D eigenvalue weighted by molar-refractivity contribution is 0.596. The summed E-state index contributed by atoms with van der Waals surface area (Å²) in [6, 6.07) is 10.8. The molecule has 0 heterocycles. The van der Waals surface area contributed by atoms with Crippen LogP contribution in [-0.2, 0) is 26.6 Å². The fraction of sp³-hybridized carbons (Fsp3) is 0.143. The van der Waals surface area contributed by atoms with Crippen LogP contribution in [0.2, 0.25) is 0 Å². The molecular weight excluding hydrogens is 338 g/mol. The van der Waals surface area contributed by atoms with E-state index in [0.717, 1.165) is 11.1 Å². The van der Waals surface area contributed by atoms with Crippen LogP contribution in [0, 0.1) is 6.92 Å². The number of benzene rings is 2. The number of nitrogens with one attached hydrogen (secondary N) is 1. The van der Waals surface area contributed by atoms with Crippen molar-refractivity contribution < 1.29 is 16.8 Å². The number of nitrogens with two attached hydrogens (primary N) is 2. The van der Waals surface area contributed by atoms with E-state index in [1.165, 1.54) is 24.3 Å². The molecule has 5 N–H and O–H groups in total. The summed E-state index contributed by atoms with van der Waals surface area (Å²) in [6.07, 6.45) is 0. The highest BCUT2D eigenvalue weighted by atomic mass is 32.2. The molecule has 0 saturated heterocycles. The lowest BCUT2D eigenvalue weighted by atomic mass is 10.2. The molecular formula is C14H17N3O4S2. The molecule has 124 valence electrons. The van der Waals surface area contributed by atoms with Gasteiger partial charge in [0, 0.05) is 12.2 Å². The highest BCUT2D eigenvalue weighted by Crippen LogP contribution is 2.18. The molecule has 0 aliphatic carbocycles. The standard InChI is InChI=1S/C14H17N3O4S2/c1-10-6-12(8-14(7-10)23(16,20)21)17-9-11-2-4-13(5-3-11)22(15,18)19/h2-8,17H,9H2,1H3,(H2,15,18,19)(H2,16,20,21). The maximum absolute atomic E-state index is 11.4. The fourth-order valence-electron chi connectivity index (χ4n) is 2.02. The van der Waals surface area contributed by atoms with Crippen LogP contribution in [0.15, 0.2) is 52.3 Å². The van der Waals surface area contributed by atoms with E-state index in [0.29, 0.717) is 12.2 Å². The van der Waals surface area contributed by atoms with Gasteiger partial charge in [-0.05, 0) is 48.4 Å². The first-order chi connectivity index (χ1) is 10.6. The number of aryl methyl sites for hydroxylation is 1. The van der Waals surface area contributed by atoms with Gasteiger partial charge in [-0.3, -0.25) is 0 Å². The minimum atomic E-state index is -3.77. The normalized spacial score (nSPS) is 12.1. The Morgan fingerprint density at radius 3 is 1.96 bits per heavy atom. The quantitative estimate of drug-likeness (QED) is 0.733. The molecule has 0 saturated carbocycles. The van der Waals surface area contributed by atoms with Crippen molar-refractivity contribution in [2.24, 2.45) is 10.3 Å². The predicted octanol–water partition coefficient (Wildman–Crippen LogP) is 0.902. The Kier molecular flexibility index (Phi) is 4.76. The molecule has 0 atom stereocenters. The average Bonchev–Trinajstić information content (AvgIpc) is 2.43. The van der Waals surface area contributed by atoms with Gasteiger partial charge in [0.2, 0.25) is 20.0 Å². The first kappa shape index (κ1) is 17.4. The predicted molar refractivity (Wildman–Crippen MR) is 87.7 cm³/mol. The van der Waals surface area contributed by atoms with Crippen LogP contribution >= 0.6 is 0 Å². The summed E-state index contributed by atoms with van der Waals surface area (Å²) < 4.78 is 45.2. The summed E-state index contributed by atoms with van der Waals surface area (Å²) in [5, 5.41) is 13.2. The Morgan fingerprint density at radius 1 is 0.870 bits per heavy atom. The fourth-order valence-corrected chi connectivity index (χ4v) is 3.17. The van der Waals surface area contributed by atoms with Crippen LogP contribution in [-0.4, -0.2) is 16.8 Å². The van der Waals surface area contributed by atoms with E-state index in [1.807, 2.05) is 0 Å². The van der Waals surface area contributed by atoms with E-state index in [-0.39, 0.29) is 9.79 Å². The number of hydrogen-bond donors (Lipinski definition) is 3. The van der Waals surface area contributed by atoms with Crippen molar-refractivity contribution in [3.8, 4) is 0 Å². The third-order valence-corrected chi connectivity index (χ3v) is 4.95. The maximum Gasteiger partial charge on any atom is 0.238 e. The number of primary sulfonamides is 2. The van der Waals surface area contributed by atoms with E-state index in [2.05, 4.69) is 5.32 Å². The van der Waals surface area contributed by atoms with E-state index in [4.69, 9.17) is 10.3 Å². The topological polar surface area (TPSA) is 132 Å². The lowest BCUT2D eigenvalue weighted by Crippen LogP contribution is -2.13. The molecule has 2 aromatic carbocycles. The molecule has 0 aliphatic rings. The van der Waals surface area contributed by atoms with Gasteiger partial charge in [-0.2, -0.15) is 0 Å². The second kappa shape index (κ2) is 6.28. The summed E-state index contributed by atoms with van der Waals surface area (Å²) in [5.74, 6) is 0. The molecule has 23 heavy (non-hydrogen) atoms. The Morgan fingerprint density at radius 2 is 1.43 bits per heavy atom. The molecule has 7 nitrogen and oxygen atoms in total. The Labute approximate surface area is 135 Å². The first-order valence-corrected chi connectivity index (χ1v) is 9.65. The minimum Gasteiger partial charge on any atom is -0.381 e. The lowest BCUT2D eigenvalue weighted by Gasteiger charge is -2.10. The molecule has 0 bridgehead atoms. The van der Waals surface area contributed by atoms with Gasteiger partial charge in [-0.1, -0.05) is 12.1 Å². The van der Waals surface area contributed by atoms with Gasteiger partial charge < -0.3 is 5.32 Å². The second-order valence-corrected chi connectivity index (χ2v) is 8.25. The van der Waals surface area contributed by atoms with Gasteiger partial charge in [0.05, 0.1) is 9.79 Å². The SMILES string of the molecule is Cc1cc(NCc2ccc(S(N)(=O)=O)cc2)cc(S(N)(=O)=O)c1. The van der Waals surface area contributed by atoms with E-state index < -0.39 is 20.0 Å². The minimum absolute atomic E-state index is 0.0320. The van der Waals surface area contributed by atoms with Crippen molar-refractivity contribution in [2.45, 2.75) is 23.3 Å². The van der Waals surface area contributed by atoms with Crippen molar-refractivity contribution in [2.75, 3.05) is 5.32 Å². The van der Waals surface area contributed by atoms with E-state index in [9.17, 15) is 16.8 Å². The summed E-state index contributed by atoms with van der Waals surface area (Å²) >= 11 is 0. The average molecular weight is 355 g/mol. The zero-order valence-corrected chi connectivity index (χ0v) is 14.0. The van der Waals surface area contributed by atoms with Gasteiger partial charge >= 0.3 is 0 Å². The molecule has 0 aromatic heterocycles.